The number of amides is 1. The third-order valence-electron chi connectivity index (χ3n) is 2.47. The first-order chi connectivity index (χ1) is 7.24. The van der Waals surface area contributed by atoms with Crippen LogP contribution in [0.5, 0.6) is 0 Å². The van der Waals surface area contributed by atoms with Crippen molar-refractivity contribution in [2.75, 3.05) is 0 Å². The second-order valence-corrected chi connectivity index (χ2v) is 3.47. The first-order valence-electron chi connectivity index (χ1n) is 4.54. The second kappa shape index (κ2) is 2.71. The van der Waals surface area contributed by atoms with Gasteiger partial charge in [0.2, 0.25) is 0 Å². The van der Waals surface area contributed by atoms with E-state index in [4.69, 9.17) is 5.73 Å². The van der Waals surface area contributed by atoms with Crippen molar-refractivity contribution in [2.45, 2.75) is 6.04 Å². The van der Waals surface area contributed by atoms with Gasteiger partial charge >= 0.3 is 0 Å². The summed E-state index contributed by atoms with van der Waals surface area (Å²) in [6, 6.07) is 0.113. The van der Waals surface area contributed by atoms with Crippen molar-refractivity contribution in [3.63, 3.8) is 0 Å². The number of primary amides is 1. The smallest absolute Gasteiger partial charge is 0.284 e. The molecular formula is C9H9N5O. The van der Waals surface area contributed by atoms with Crippen LogP contribution in [0.1, 0.15) is 10.6 Å². The Hall–Kier alpha value is -2.08. The lowest BCUT2D eigenvalue weighted by molar-refractivity contribution is 0.0991. The lowest BCUT2D eigenvalue weighted by Gasteiger charge is -2.07. The van der Waals surface area contributed by atoms with Gasteiger partial charge in [-0.05, 0) is 17.7 Å². The summed E-state index contributed by atoms with van der Waals surface area (Å²) in [6.07, 6.45) is 5.74. The third-order valence-corrected chi connectivity index (χ3v) is 2.47. The van der Waals surface area contributed by atoms with Crippen LogP contribution >= 0.6 is 0 Å². The van der Waals surface area contributed by atoms with Crippen molar-refractivity contribution < 1.29 is 4.79 Å². The highest BCUT2D eigenvalue weighted by Crippen LogP contribution is 2.09. The minimum Gasteiger partial charge on any atom is -0.363 e. The minimum absolute atomic E-state index is 0.113. The molecule has 0 aromatic carbocycles. The average Bonchev–Trinajstić information content (AvgIpc) is 2.77. The average molecular weight is 203 g/mol. The molecule has 5 N–H and O–H groups in total. The standard InChI is InChI=1S/C9H9N5O/c10-8(15)9-12-6-1-4-3-11-14-5(4)2-7(6)13-9/h1-3,5,11,14H,(H2,10,15)(H,12,13). The number of imidazole rings is 1. The third kappa shape index (κ3) is 1.15. The number of nitrogens with two attached hydrogens (primary N) is 1. The molecule has 0 saturated heterocycles. The largest absolute Gasteiger partial charge is 0.363 e. The van der Waals surface area contributed by atoms with E-state index >= 15 is 0 Å². The monoisotopic (exact) mass is 203 g/mol. The summed E-state index contributed by atoms with van der Waals surface area (Å²) in [7, 11) is 0. The molecule has 0 fully saturated rings. The highest BCUT2D eigenvalue weighted by Gasteiger charge is 2.18. The molecule has 3 rings (SSSR count). The predicted octanol–water partition coefficient (Wildman–Crippen LogP) is -2.56. The maximum atomic E-state index is 10.9. The van der Waals surface area contributed by atoms with Gasteiger partial charge in [0.1, 0.15) is 0 Å². The van der Waals surface area contributed by atoms with Gasteiger partial charge in [0.25, 0.3) is 5.91 Å². The van der Waals surface area contributed by atoms with Crippen molar-refractivity contribution in [3.05, 3.63) is 28.3 Å². The van der Waals surface area contributed by atoms with E-state index in [0.29, 0.717) is 0 Å². The Labute approximate surface area is 84.5 Å². The van der Waals surface area contributed by atoms with Gasteiger partial charge in [-0.1, -0.05) is 0 Å². The van der Waals surface area contributed by atoms with Crippen molar-refractivity contribution >= 4 is 18.1 Å². The second-order valence-electron chi connectivity index (χ2n) is 3.47. The normalized spacial score (nSPS) is 21.6. The summed E-state index contributed by atoms with van der Waals surface area (Å²) in [5.41, 5.74) is 12.2. The molecule has 0 radical (unpaired) electrons. The maximum absolute atomic E-state index is 10.9. The molecule has 1 aromatic rings. The molecule has 1 aliphatic heterocycles. The Balaban J connectivity index is 2.24. The van der Waals surface area contributed by atoms with E-state index in [1.807, 2.05) is 18.4 Å². The van der Waals surface area contributed by atoms with Crippen LogP contribution in [0.15, 0.2) is 11.8 Å². The quantitative estimate of drug-likeness (QED) is 0.404. The highest BCUT2D eigenvalue weighted by atomic mass is 16.1. The van der Waals surface area contributed by atoms with Gasteiger partial charge in [0, 0.05) is 6.20 Å². The molecular weight excluding hydrogens is 194 g/mol. The van der Waals surface area contributed by atoms with Crippen molar-refractivity contribution in [1.82, 2.24) is 20.8 Å². The number of nitrogens with one attached hydrogen (secondary N) is 3. The van der Waals surface area contributed by atoms with Crippen molar-refractivity contribution in [2.24, 2.45) is 5.73 Å². The number of carbonyl (C=O) groups excluding carboxylic acids is 1. The fourth-order valence-electron chi connectivity index (χ4n) is 1.74. The van der Waals surface area contributed by atoms with Crippen LogP contribution in [0.2, 0.25) is 0 Å². The van der Waals surface area contributed by atoms with Crippen LogP contribution in [0.25, 0.3) is 12.2 Å². The molecule has 1 atom stereocenters. The Morgan fingerprint density at radius 2 is 2.40 bits per heavy atom. The predicted molar refractivity (Wildman–Crippen MR) is 53.4 cm³/mol. The first kappa shape index (κ1) is 8.25. The zero-order chi connectivity index (χ0) is 10.4. The molecule has 0 saturated carbocycles. The number of rotatable bonds is 1. The zero-order valence-electron chi connectivity index (χ0n) is 7.74. The molecule has 76 valence electrons. The lowest BCUT2D eigenvalue weighted by Crippen LogP contribution is -2.37. The van der Waals surface area contributed by atoms with E-state index in [0.717, 1.165) is 16.3 Å². The Bertz CT molecular complexity index is 582. The number of nitrogens with zero attached hydrogens (tertiary/aromatic N) is 1. The van der Waals surface area contributed by atoms with Crippen LogP contribution in [0.3, 0.4) is 0 Å². The molecule has 6 nitrogen and oxygen atoms in total. The van der Waals surface area contributed by atoms with Gasteiger partial charge in [-0.25, -0.2) is 10.4 Å². The fourth-order valence-corrected chi connectivity index (χ4v) is 1.74. The molecule has 2 heterocycles. The van der Waals surface area contributed by atoms with Gasteiger partial charge < -0.3 is 16.1 Å². The molecule has 2 aliphatic rings. The van der Waals surface area contributed by atoms with Gasteiger partial charge in [-0.15, -0.1) is 0 Å². The molecule has 15 heavy (non-hydrogen) atoms. The lowest BCUT2D eigenvalue weighted by atomic mass is 10.1. The van der Waals surface area contributed by atoms with E-state index in [2.05, 4.69) is 20.8 Å². The molecule has 0 bridgehead atoms. The van der Waals surface area contributed by atoms with Crippen LogP contribution < -0.4 is 27.3 Å². The van der Waals surface area contributed by atoms with Gasteiger partial charge in [-0.2, -0.15) is 0 Å². The van der Waals surface area contributed by atoms with E-state index in [-0.39, 0.29) is 11.9 Å². The van der Waals surface area contributed by atoms with E-state index < -0.39 is 5.91 Å². The van der Waals surface area contributed by atoms with E-state index in [9.17, 15) is 4.79 Å². The molecule has 1 amide bonds. The number of aromatic amines is 1. The Morgan fingerprint density at radius 3 is 3.20 bits per heavy atom. The number of carbonyl (C=O) groups is 1. The molecule has 1 aliphatic carbocycles. The van der Waals surface area contributed by atoms with Crippen LogP contribution in [-0.4, -0.2) is 21.9 Å². The van der Waals surface area contributed by atoms with Crippen LogP contribution in [0.4, 0.5) is 0 Å². The summed E-state index contributed by atoms with van der Waals surface area (Å²) in [6.45, 7) is 0. The fraction of sp³-hybridized carbons (Fsp3) is 0.111. The number of hydrogen-bond donors (Lipinski definition) is 4. The number of H-pyrrole nitrogens is 1. The van der Waals surface area contributed by atoms with Gasteiger partial charge in [0.15, 0.2) is 5.82 Å². The number of hydrogen-bond acceptors (Lipinski definition) is 4. The summed E-state index contributed by atoms with van der Waals surface area (Å²) < 4.78 is 0. The molecule has 1 aromatic heterocycles. The topological polar surface area (TPSA) is 95.8 Å². The van der Waals surface area contributed by atoms with Crippen molar-refractivity contribution in [1.29, 1.82) is 0 Å². The Morgan fingerprint density at radius 1 is 1.53 bits per heavy atom. The van der Waals surface area contributed by atoms with E-state index in [1.165, 1.54) is 0 Å². The summed E-state index contributed by atoms with van der Waals surface area (Å²) in [5, 5.41) is 1.57. The molecule has 1 unspecified atom stereocenters. The molecule has 0 spiro atoms. The highest BCUT2D eigenvalue weighted by molar-refractivity contribution is 5.89. The number of aromatic nitrogens is 2. The Kier molecular flexibility index (Phi) is 1.49. The van der Waals surface area contributed by atoms with Crippen LogP contribution in [-0.2, 0) is 0 Å². The van der Waals surface area contributed by atoms with Crippen LogP contribution in [0, 0.1) is 0 Å². The summed E-state index contributed by atoms with van der Waals surface area (Å²) in [4.78, 5) is 17.9. The SMILES string of the molecule is NC(=O)c1nc2c([nH]1)=CC1=CNNC1C=2. The zero-order valence-corrected chi connectivity index (χ0v) is 7.74. The molecule has 6 heteroatoms. The number of fused-ring (bicyclic) bond motifs is 2. The summed E-state index contributed by atoms with van der Waals surface area (Å²) >= 11 is 0. The van der Waals surface area contributed by atoms with E-state index in [1.54, 1.807) is 0 Å². The maximum Gasteiger partial charge on any atom is 0.284 e. The minimum atomic E-state index is -0.545. The first-order valence-corrected chi connectivity index (χ1v) is 4.54. The number of hydrazine groups is 1. The van der Waals surface area contributed by atoms with Gasteiger partial charge in [-0.3, -0.25) is 4.79 Å². The summed E-state index contributed by atoms with van der Waals surface area (Å²) in [5.74, 6) is -0.350. The van der Waals surface area contributed by atoms with Gasteiger partial charge in [0.05, 0.1) is 16.7 Å². The van der Waals surface area contributed by atoms with Crippen molar-refractivity contribution in [3.8, 4) is 0 Å².